The van der Waals surface area contributed by atoms with Crippen LogP contribution in [0.1, 0.15) is 48.5 Å². The zero-order valence-electron chi connectivity index (χ0n) is 14.4. The predicted molar refractivity (Wildman–Crippen MR) is 99.3 cm³/mol. The van der Waals surface area contributed by atoms with Crippen LogP contribution < -0.4 is 10.6 Å². The van der Waals surface area contributed by atoms with E-state index in [2.05, 4.69) is 34.7 Å². The van der Waals surface area contributed by atoms with E-state index in [4.69, 9.17) is 0 Å². The number of aryl methyl sites for hydroxylation is 1. The molecule has 0 spiro atoms. The Kier molecular flexibility index (Phi) is 7.81. The van der Waals surface area contributed by atoms with Gasteiger partial charge in [-0.25, -0.2) is 4.98 Å². The molecule has 0 saturated carbocycles. The van der Waals surface area contributed by atoms with Crippen LogP contribution in [0.2, 0.25) is 0 Å². The first-order chi connectivity index (χ1) is 11.8. The molecule has 1 amide bonds. The van der Waals surface area contributed by atoms with Crippen molar-refractivity contribution >= 4 is 11.7 Å². The van der Waals surface area contributed by atoms with Gasteiger partial charge in [-0.3, -0.25) is 4.79 Å². The minimum Gasteiger partial charge on any atom is -0.370 e. The van der Waals surface area contributed by atoms with E-state index in [-0.39, 0.29) is 5.91 Å². The van der Waals surface area contributed by atoms with Gasteiger partial charge in [0.05, 0.1) is 0 Å². The third-order valence-corrected chi connectivity index (χ3v) is 3.88. The number of benzene rings is 1. The van der Waals surface area contributed by atoms with Crippen molar-refractivity contribution in [1.82, 2.24) is 10.3 Å². The highest BCUT2D eigenvalue weighted by atomic mass is 16.1. The first-order valence-corrected chi connectivity index (χ1v) is 8.81. The van der Waals surface area contributed by atoms with E-state index in [1.807, 2.05) is 24.3 Å². The second-order valence-corrected chi connectivity index (χ2v) is 5.91. The molecule has 2 rings (SSSR count). The molecule has 2 aromatic rings. The number of unbranched alkanes of at least 4 members (excludes halogenated alkanes) is 2. The van der Waals surface area contributed by atoms with E-state index in [0.29, 0.717) is 12.1 Å². The van der Waals surface area contributed by atoms with Gasteiger partial charge in [0.2, 0.25) is 0 Å². The van der Waals surface area contributed by atoms with E-state index in [1.165, 1.54) is 18.4 Å². The number of nitrogens with zero attached hydrogens (tertiary/aromatic N) is 1. The minimum absolute atomic E-state index is 0.0398. The van der Waals surface area contributed by atoms with Crippen LogP contribution in [0, 0.1) is 0 Å². The van der Waals surface area contributed by atoms with Gasteiger partial charge in [0, 0.05) is 24.8 Å². The number of anilines is 1. The zero-order valence-corrected chi connectivity index (χ0v) is 14.4. The molecule has 4 nitrogen and oxygen atoms in total. The average molecular weight is 325 g/mol. The molecule has 0 unspecified atom stereocenters. The Labute approximate surface area is 144 Å². The zero-order chi connectivity index (χ0) is 17.0. The first kappa shape index (κ1) is 18.0. The maximum absolute atomic E-state index is 12.2. The number of carbonyl (C=O) groups excluding carboxylic acids is 1. The van der Waals surface area contributed by atoms with E-state index in [1.54, 1.807) is 12.3 Å². The highest BCUT2D eigenvalue weighted by Gasteiger charge is 2.06. The molecule has 0 aliphatic heterocycles. The molecule has 2 N–H and O–H groups in total. The Morgan fingerprint density at radius 2 is 1.88 bits per heavy atom. The van der Waals surface area contributed by atoms with Gasteiger partial charge in [-0.05, 0) is 37.0 Å². The number of aromatic nitrogens is 1. The normalized spacial score (nSPS) is 10.4. The fourth-order valence-electron chi connectivity index (χ4n) is 2.50. The smallest absolute Gasteiger partial charge is 0.251 e. The second-order valence-electron chi connectivity index (χ2n) is 5.91. The summed E-state index contributed by atoms with van der Waals surface area (Å²) >= 11 is 0. The molecule has 0 aliphatic rings. The van der Waals surface area contributed by atoms with E-state index in [9.17, 15) is 4.79 Å². The average Bonchev–Trinajstić information content (AvgIpc) is 2.63. The summed E-state index contributed by atoms with van der Waals surface area (Å²) in [7, 11) is 0. The summed E-state index contributed by atoms with van der Waals surface area (Å²) in [6, 6.07) is 13.9. The number of amides is 1. The van der Waals surface area contributed by atoms with Gasteiger partial charge in [0.15, 0.2) is 0 Å². The fourth-order valence-corrected chi connectivity index (χ4v) is 2.50. The second kappa shape index (κ2) is 10.4. The summed E-state index contributed by atoms with van der Waals surface area (Å²) in [4.78, 5) is 16.5. The van der Waals surface area contributed by atoms with E-state index < -0.39 is 0 Å². The SMILES string of the molecule is CCCCCNc1cc(C(=O)NCCCc2ccccc2)ccn1. The lowest BCUT2D eigenvalue weighted by Crippen LogP contribution is -2.25. The Hall–Kier alpha value is -2.36. The molecule has 128 valence electrons. The van der Waals surface area contributed by atoms with Crippen molar-refractivity contribution in [3.05, 3.63) is 59.8 Å². The highest BCUT2D eigenvalue weighted by molar-refractivity contribution is 5.94. The monoisotopic (exact) mass is 325 g/mol. The van der Waals surface area contributed by atoms with Crippen molar-refractivity contribution in [1.29, 1.82) is 0 Å². The summed E-state index contributed by atoms with van der Waals surface area (Å²) < 4.78 is 0. The quantitative estimate of drug-likeness (QED) is 0.648. The lowest BCUT2D eigenvalue weighted by atomic mass is 10.1. The van der Waals surface area contributed by atoms with Crippen molar-refractivity contribution < 1.29 is 4.79 Å². The lowest BCUT2D eigenvalue weighted by molar-refractivity contribution is 0.0953. The van der Waals surface area contributed by atoms with Crippen LogP contribution in [-0.2, 0) is 6.42 Å². The minimum atomic E-state index is -0.0398. The maximum atomic E-state index is 12.2. The van der Waals surface area contributed by atoms with Crippen LogP contribution >= 0.6 is 0 Å². The molecule has 0 bridgehead atoms. The first-order valence-electron chi connectivity index (χ1n) is 8.81. The molecule has 1 aromatic carbocycles. The molecule has 1 heterocycles. The van der Waals surface area contributed by atoms with Gasteiger partial charge >= 0.3 is 0 Å². The predicted octanol–water partition coefficient (Wildman–Crippen LogP) is 4.05. The lowest BCUT2D eigenvalue weighted by Gasteiger charge is -2.08. The summed E-state index contributed by atoms with van der Waals surface area (Å²) in [5.74, 6) is 0.727. The molecule has 0 fully saturated rings. The number of pyridine rings is 1. The Morgan fingerprint density at radius 3 is 2.67 bits per heavy atom. The molecule has 1 aromatic heterocycles. The van der Waals surface area contributed by atoms with Crippen LogP contribution in [0.25, 0.3) is 0 Å². The maximum Gasteiger partial charge on any atom is 0.251 e. The summed E-state index contributed by atoms with van der Waals surface area (Å²) in [5, 5.41) is 6.25. The summed E-state index contributed by atoms with van der Waals surface area (Å²) in [6.45, 7) is 3.75. The Bertz CT molecular complexity index is 613. The third kappa shape index (κ3) is 6.41. The molecular formula is C20H27N3O. The molecular weight excluding hydrogens is 298 g/mol. The van der Waals surface area contributed by atoms with Crippen LogP contribution in [-0.4, -0.2) is 24.0 Å². The molecule has 4 heteroatoms. The number of hydrogen-bond donors (Lipinski definition) is 2. The van der Waals surface area contributed by atoms with Crippen molar-refractivity contribution in [3.8, 4) is 0 Å². The van der Waals surface area contributed by atoms with Gasteiger partial charge < -0.3 is 10.6 Å². The van der Waals surface area contributed by atoms with Gasteiger partial charge in [-0.1, -0.05) is 50.1 Å². The molecule has 0 atom stereocenters. The van der Waals surface area contributed by atoms with Crippen molar-refractivity contribution in [2.75, 3.05) is 18.4 Å². The van der Waals surface area contributed by atoms with E-state index >= 15 is 0 Å². The van der Waals surface area contributed by atoms with Crippen LogP contribution in [0.3, 0.4) is 0 Å². The number of nitrogens with one attached hydrogen (secondary N) is 2. The Morgan fingerprint density at radius 1 is 1.04 bits per heavy atom. The topological polar surface area (TPSA) is 54.0 Å². The van der Waals surface area contributed by atoms with Gasteiger partial charge in [-0.15, -0.1) is 0 Å². The van der Waals surface area contributed by atoms with Gasteiger partial charge in [0.25, 0.3) is 5.91 Å². The van der Waals surface area contributed by atoms with Crippen molar-refractivity contribution in [2.24, 2.45) is 0 Å². The largest absolute Gasteiger partial charge is 0.370 e. The van der Waals surface area contributed by atoms with Crippen LogP contribution in [0.5, 0.6) is 0 Å². The number of carbonyl (C=O) groups is 1. The third-order valence-electron chi connectivity index (χ3n) is 3.88. The Balaban J connectivity index is 1.73. The van der Waals surface area contributed by atoms with Crippen LogP contribution in [0.15, 0.2) is 48.7 Å². The van der Waals surface area contributed by atoms with Gasteiger partial charge in [0.1, 0.15) is 5.82 Å². The summed E-state index contributed by atoms with van der Waals surface area (Å²) in [6.07, 6.45) is 7.11. The highest BCUT2D eigenvalue weighted by Crippen LogP contribution is 2.08. The molecule has 0 saturated heterocycles. The van der Waals surface area contributed by atoms with E-state index in [0.717, 1.165) is 31.6 Å². The summed E-state index contributed by atoms with van der Waals surface area (Å²) in [5.41, 5.74) is 1.96. The fraction of sp³-hybridized carbons (Fsp3) is 0.400. The van der Waals surface area contributed by atoms with Gasteiger partial charge in [-0.2, -0.15) is 0 Å². The number of hydrogen-bond acceptors (Lipinski definition) is 3. The van der Waals surface area contributed by atoms with Crippen molar-refractivity contribution in [2.45, 2.75) is 39.0 Å². The number of rotatable bonds is 10. The van der Waals surface area contributed by atoms with Crippen molar-refractivity contribution in [3.63, 3.8) is 0 Å². The molecule has 0 radical (unpaired) electrons. The molecule has 24 heavy (non-hydrogen) atoms. The van der Waals surface area contributed by atoms with Crippen LogP contribution in [0.4, 0.5) is 5.82 Å². The molecule has 0 aliphatic carbocycles. The standard InChI is InChI=1S/C20H27N3O/c1-2-3-7-13-21-19-16-18(12-15-22-19)20(24)23-14-8-11-17-9-5-4-6-10-17/h4-6,9-10,12,15-16H,2-3,7-8,11,13-14H2,1H3,(H,21,22)(H,23,24).